The molecule has 0 spiro atoms. The van der Waals surface area contributed by atoms with E-state index < -0.39 is 15.1 Å². The van der Waals surface area contributed by atoms with Gasteiger partial charge in [-0.2, -0.15) is 0 Å². The monoisotopic (exact) mass is 397 g/mol. The van der Waals surface area contributed by atoms with Crippen molar-refractivity contribution in [2.45, 2.75) is 4.90 Å². The first-order valence-corrected chi connectivity index (χ1v) is 8.80. The third kappa shape index (κ3) is 2.98. The molecule has 0 atom stereocenters. The lowest BCUT2D eigenvalue weighted by Gasteiger charge is -2.40. The Morgan fingerprint density at radius 3 is 2.23 bits per heavy atom. The Morgan fingerprint density at radius 1 is 0.864 bits per heavy atom. The van der Waals surface area contributed by atoms with Crippen molar-refractivity contribution in [1.29, 1.82) is 0 Å². The maximum Gasteiger partial charge on any atom is 0.310 e. The summed E-state index contributed by atoms with van der Waals surface area (Å²) in [6.07, 6.45) is 0. The van der Waals surface area contributed by atoms with Gasteiger partial charge in [0.1, 0.15) is 4.90 Å². The highest BCUT2D eigenvalue weighted by Crippen LogP contribution is 3.02. The van der Waals surface area contributed by atoms with Crippen molar-refractivity contribution in [2.24, 2.45) is 0 Å². The van der Waals surface area contributed by atoms with Gasteiger partial charge in [0.15, 0.2) is 0 Å². The quantitative estimate of drug-likeness (QED) is 0.438. The Morgan fingerprint density at radius 2 is 1.59 bits per heavy atom. The largest absolute Gasteiger partial charge is 0.355 e. The van der Waals surface area contributed by atoms with Crippen LogP contribution in [0.4, 0.5) is 19.4 Å². The van der Waals surface area contributed by atoms with Crippen molar-refractivity contribution >= 4 is 37.1 Å². The van der Waals surface area contributed by atoms with Crippen molar-refractivity contribution in [2.75, 3.05) is 0 Å². The molecule has 3 aromatic rings. The first-order chi connectivity index (χ1) is 9.92. The summed E-state index contributed by atoms with van der Waals surface area (Å²) in [5.74, 6) is 0. The predicted octanol–water partition coefficient (Wildman–Crippen LogP) is 7.25. The summed E-state index contributed by atoms with van der Waals surface area (Å²) in [6, 6.07) is 10.4. The molecule has 3 rings (SSSR count). The maximum atomic E-state index is 12.8. The number of fused-ring (bicyclic) bond motifs is 1. The average molecular weight is 398 g/mol. The molecular weight excluding hydrogens is 389 g/mol. The van der Waals surface area contributed by atoms with Crippen molar-refractivity contribution in [3.8, 4) is 11.3 Å². The lowest BCUT2D eigenvalue weighted by Crippen LogP contribution is -2.05. The van der Waals surface area contributed by atoms with E-state index in [-0.39, 0.29) is 5.39 Å². The number of aromatic nitrogens is 1. The number of halogens is 6. The van der Waals surface area contributed by atoms with Gasteiger partial charge >= 0.3 is 10.2 Å². The first-order valence-electron chi connectivity index (χ1n) is 6.05. The number of benzene rings is 2. The summed E-state index contributed by atoms with van der Waals surface area (Å²) in [7, 11) is -9.66. The highest BCUT2D eigenvalue weighted by atomic mass is 79.9. The molecule has 0 radical (unpaired) electrons. The van der Waals surface area contributed by atoms with E-state index in [1.165, 1.54) is 6.07 Å². The third-order valence-corrected chi connectivity index (χ3v) is 4.81. The highest BCUT2D eigenvalue weighted by molar-refractivity contribution is 9.10. The lowest BCUT2D eigenvalue weighted by atomic mass is 10.1. The number of rotatable bonds is 2. The van der Waals surface area contributed by atoms with Crippen LogP contribution in [0.2, 0.25) is 0 Å². The van der Waals surface area contributed by atoms with E-state index in [4.69, 9.17) is 0 Å². The smallest absolute Gasteiger partial charge is 0.310 e. The van der Waals surface area contributed by atoms with Crippen LogP contribution in [0.3, 0.4) is 0 Å². The second-order valence-corrected chi connectivity index (χ2v) is 8.24. The fourth-order valence-electron chi connectivity index (χ4n) is 2.16. The van der Waals surface area contributed by atoms with Gasteiger partial charge in [-0.25, -0.2) is 0 Å². The molecule has 1 heterocycles. The summed E-state index contributed by atoms with van der Waals surface area (Å²) >= 11 is 3.30. The summed E-state index contributed by atoms with van der Waals surface area (Å²) in [4.78, 5) is 1.04. The Labute approximate surface area is 131 Å². The van der Waals surface area contributed by atoms with Crippen LogP contribution in [0.25, 0.3) is 22.2 Å². The van der Waals surface area contributed by atoms with Crippen molar-refractivity contribution < 1.29 is 19.4 Å². The van der Waals surface area contributed by atoms with Crippen LogP contribution in [-0.4, -0.2) is 4.98 Å². The Kier molecular flexibility index (Phi) is 2.83. The standard InChI is InChI=1S/C14H9BrF5NS/c15-11-3-1-2-9(6-11)14-8-10-7-12(4-5-13(10)21-14)22(16,17,18,19)20/h1-8,21H. The number of hydrogen-bond donors (Lipinski definition) is 1. The summed E-state index contributed by atoms with van der Waals surface area (Å²) in [5.41, 5.74) is 1.65. The van der Waals surface area contributed by atoms with Crippen molar-refractivity contribution in [1.82, 2.24) is 4.98 Å². The van der Waals surface area contributed by atoms with Gasteiger partial charge in [0.05, 0.1) is 0 Å². The Hall–Kier alpha value is -1.54. The van der Waals surface area contributed by atoms with E-state index in [0.717, 1.165) is 16.1 Å². The topological polar surface area (TPSA) is 15.8 Å². The molecule has 1 nitrogen and oxygen atoms in total. The van der Waals surface area contributed by atoms with Crippen molar-refractivity contribution in [3.63, 3.8) is 0 Å². The van der Waals surface area contributed by atoms with Gasteiger partial charge in [0.2, 0.25) is 0 Å². The molecule has 0 aliphatic rings. The minimum atomic E-state index is -9.66. The van der Waals surface area contributed by atoms with E-state index in [9.17, 15) is 19.4 Å². The normalized spacial score (nSPS) is 15.5. The van der Waals surface area contributed by atoms with Crippen LogP contribution in [0, 0.1) is 0 Å². The maximum absolute atomic E-state index is 12.8. The SMILES string of the molecule is FS(F)(F)(F)(F)c1ccc2[nH]c(-c3cccc(Br)c3)cc2c1. The molecule has 0 amide bonds. The lowest BCUT2D eigenvalue weighted by molar-refractivity contribution is 0.364. The molecule has 0 bridgehead atoms. The molecule has 0 fully saturated rings. The highest BCUT2D eigenvalue weighted by Gasteiger charge is 2.65. The van der Waals surface area contributed by atoms with Crippen LogP contribution in [0.5, 0.6) is 0 Å². The van der Waals surface area contributed by atoms with Crippen LogP contribution < -0.4 is 0 Å². The molecule has 8 heteroatoms. The average Bonchev–Trinajstić information content (AvgIpc) is 2.78. The van der Waals surface area contributed by atoms with Gasteiger partial charge in [0, 0.05) is 21.1 Å². The summed E-state index contributed by atoms with van der Waals surface area (Å²) < 4.78 is 65.0. The van der Waals surface area contributed by atoms with E-state index in [1.54, 1.807) is 24.3 Å². The molecule has 1 N–H and O–H groups in total. The van der Waals surface area contributed by atoms with Gasteiger partial charge in [-0.15, -0.1) is 0 Å². The first kappa shape index (κ1) is 15.4. The number of H-pyrrole nitrogens is 1. The molecule has 22 heavy (non-hydrogen) atoms. The molecule has 0 unspecified atom stereocenters. The Bertz CT molecular complexity index is 886. The van der Waals surface area contributed by atoms with Crippen LogP contribution >= 0.6 is 26.2 Å². The van der Waals surface area contributed by atoms with E-state index in [1.807, 2.05) is 0 Å². The second-order valence-electron chi connectivity index (χ2n) is 4.91. The van der Waals surface area contributed by atoms with Gasteiger partial charge in [0.25, 0.3) is 0 Å². The minimum Gasteiger partial charge on any atom is -0.355 e. The zero-order valence-electron chi connectivity index (χ0n) is 10.8. The van der Waals surface area contributed by atoms with Crippen LogP contribution in [0.1, 0.15) is 0 Å². The van der Waals surface area contributed by atoms with Crippen molar-refractivity contribution in [3.05, 3.63) is 53.0 Å². The predicted molar refractivity (Wildman–Crippen MR) is 82.8 cm³/mol. The van der Waals surface area contributed by atoms with Crippen LogP contribution in [-0.2, 0) is 0 Å². The zero-order chi connectivity index (χ0) is 16.2. The molecule has 118 valence electrons. The summed E-state index contributed by atoms with van der Waals surface area (Å²) in [5, 5.41) is 0.0840. The van der Waals surface area contributed by atoms with E-state index >= 15 is 0 Å². The molecule has 2 aromatic carbocycles. The zero-order valence-corrected chi connectivity index (χ0v) is 13.2. The number of nitrogens with one attached hydrogen (secondary N) is 1. The van der Waals surface area contributed by atoms with Gasteiger partial charge in [-0.05, 0) is 42.0 Å². The van der Waals surface area contributed by atoms with Gasteiger partial charge < -0.3 is 4.98 Å². The number of hydrogen-bond acceptors (Lipinski definition) is 0. The number of aromatic amines is 1. The third-order valence-electron chi connectivity index (χ3n) is 3.17. The molecule has 0 aliphatic heterocycles. The molecule has 0 aliphatic carbocycles. The van der Waals surface area contributed by atoms with Crippen LogP contribution in [0.15, 0.2) is 57.9 Å². The van der Waals surface area contributed by atoms with Gasteiger partial charge in [-0.3, -0.25) is 0 Å². The molecule has 0 saturated heterocycles. The van der Waals surface area contributed by atoms with E-state index in [2.05, 4.69) is 20.9 Å². The van der Waals surface area contributed by atoms with Gasteiger partial charge in [-0.1, -0.05) is 47.5 Å². The fraction of sp³-hybridized carbons (Fsp3) is 0. The van der Waals surface area contributed by atoms with E-state index in [0.29, 0.717) is 23.3 Å². The fourth-order valence-corrected chi connectivity index (χ4v) is 3.24. The molecule has 1 aromatic heterocycles. The summed E-state index contributed by atoms with van der Waals surface area (Å²) in [6.45, 7) is 0. The Balaban J connectivity index is 2.17. The molecular formula is C14H9BrF5NS. The second kappa shape index (κ2) is 4.05. The minimum absolute atomic E-state index is 0.0840. The molecule has 0 saturated carbocycles.